The highest BCUT2D eigenvalue weighted by Crippen LogP contribution is 2.25. The molecule has 3 aromatic rings. The Balaban J connectivity index is 1.26. The van der Waals surface area contributed by atoms with E-state index in [-0.39, 0.29) is 17.3 Å². The van der Waals surface area contributed by atoms with Crippen molar-refractivity contribution in [1.82, 2.24) is 19.5 Å². The highest BCUT2D eigenvalue weighted by atomic mass is 32.2. The number of nitrogens with zero attached hydrogens (tertiary/aromatic N) is 3. The summed E-state index contributed by atoms with van der Waals surface area (Å²) in [6.45, 7) is 6.59. The van der Waals surface area contributed by atoms with Crippen molar-refractivity contribution >= 4 is 26.8 Å². The normalized spacial score (nSPS) is 15.4. The first-order valence-electron chi connectivity index (χ1n) is 11.4. The number of carbonyl (C=O) groups excluding carboxylic acids is 1. The lowest BCUT2D eigenvalue weighted by molar-refractivity contribution is -0.122. The summed E-state index contributed by atoms with van der Waals surface area (Å²) < 4.78 is 33.7. The summed E-state index contributed by atoms with van der Waals surface area (Å²) in [5.74, 6) is 0.681. The molecule has 1 amide bonds. The summed E-state index contributed by atoms with van der Waals surface area (Å²) in [6, 6.07) is 14.9. The minimum absolute atomic E-state index is 0.0993. The number of rotatable bonds is 8. The molecule has 0 bridgehead atoms. The molecular formula is C25H30N4O4S. The summed E-state index contributed by atoms with van der Waals surface area (Å²) in [4.78, 5) is 18.9. The zero-order valence-electron chi connectivity index (χ0n) is 19.5. The Hall–Kier alpha value is -3.01. The molecule has 4 rings (SSSR count). The van der Waals surface area contributed by atoms with Gasteiger partial charge in [-0.3, -0.25) is 14.7 Å². The molecule has 1 aromatic heterocycles. The van der Waals surface area contributed by atoms with Gasteiger partial charge in [-0.1, -0.05) is 24.3 Å². The van der Waals surface area contributed by atoms with Crippen molar-refractivity contribution in [2.24, 2.45) is 0 Å². The number of pyridine rings is 1. The molecule has 1 aliphatic rings. The SMILES string of the molecule is Cc1cccc(OCCNC(=O)CN2CCN(S(=O)(=O)c3cccc4cc(C)cnc34)CC2)c1. The molecule has 34 heavy (non-hydrogen) atoms. The van der Waals surface area contributed by atoms with Gasteiger partial charge in [0.1, 0.15) is 17.3 Å². The second-order valence-corrected chi connectivity index (χ2v) is 10.4. The number of aryl methyl sites for hydroxylation is 2. The average molecular weight is 483 g/mol. The molecule has 1 fully saturated rings. The highest BCUT2D eigenvalue weighted by molar-refractivity contribution is 7.89. The van der Waals surface area contributed by atoms with Crippen molar-refractivity contribution in [3.8, 4) is 5.75 Å². The van der Waals surface area contributed by atoms with Crippen LogP contribution < -0.4 is 10.1 Å². The van der Waals surface area contributed by atoms with Crippen LogP contribution in [0.5, 0.6) is 5.75 Å². The third-order valence-electron chi connectivity index (χ3n) is 5.81. The number of aromatic nitrogens is 1. The fourth-order valence-corrected chi connectivity index (χ4v) is 5.63. The van der Waals surface area contributed by atoms with Gasteiger partial charge < -0.3 is 10.1 Å². The molecule has 180 valence electrons. The Morgan fingerprint density at radius 2 is 1.79 bits per heavy atom. The molecule has 2 heterocycles. The van der Waals surface area contributed by atoms with Crippen molar-refractivity contribution in [1.29, 1.82) is 0 Å². The van der Waals surface area contributed by atoms with Gasteiger partial charge in [0.15, 0.2) is 0 Å². The number of benzene rings is 2. The summed E-state index contributed by atoms with van der Waals surface area (Å²) in [5.41, 5.74) is 2.59. The summed E-state index contributed by atoms with van der Waals surface area (Å²) in [7, 11) is -3.67. The molecular weight excluding hydrogens is 452 g/mol. The van der Waals surface area contributed by atoms with E-state index in [0.717, 1.165) is 22.3 Å². The lowest BCUT2D eigenvalue weighted by Gasteiger charge is -2.33. The summed E-state index contributed by atoms with van der Waals surface area (Å²) in [6.07, 6.45) is 1.68. The van der Waals surface area contributed by atoms with Gasteiger partial charge in [0.25, 0.3) is 0 Å². The van der Waals surface area contributed by atoms with Gasteiger partial charge in [-0.15, -0.1) is 0 Å². The molecule has 0 radical (unpaired) electrons. The quantitative estimate of drug-likeness (QED) is 0.496. The second-order valence-electron chi connectivity index (χ2n) is 8.54. The van der Waals surface area contributed by atoms with Gasteiger partial charge in [0.2, 0.25) is 15.9 Å². The van der Waals surface area contributed by atoms with E-state index in [9.17, 15) is 13.2 Å². The number of piperazine rings is 1. The number of carbonyl (C=O) groups is 1. The lowest BCUT2D eigenvalue weighted by Crippen LogP contribution is -2.51. The number of para-hydroxylation sites is 1. The van der Waals surface area contributed by atoms with Crippen LogP contribution in [-0.4, -0.2) is 74.4 Å². The van der Waals surface area contributed by atoms with E-state index in [1.165, 1.54) is 4.31 Å². The smallest absolute Gasteiger partial charge is 0.245 e. The van der Waals surface area contributed by atoms with Crippen LogP contribution in [0.4, 0.5) is 0 Å². The van der Waals surface area contributed by atoms with E-state index in [2.05, 4.69) is 10.3 Å². The Morgan fingerprint density at radius 3 is 2.56 bits per heavy atom. The molecule has 2 aromatic carbocycles. The maximum atomic E-state index is 13.3. The van der Waals surface area contributed by atoms with Gasteiger partial charge in [0.05, 0.1) is 18.6 Å². The first kappa shape index (κ1) is 24.1. The fraction of sp³-hybridized carbons (Fsp3) is 0.360. The van der Waals surface area contributed by atoms with Crippen LogP contribution in [0.3, 0.4) is 0 Å². The first-order valence-corrected chi connectivity index (χ1v) is 12.8. The molecule has 1 saturated heterocycles. The average Bonchev–Trinajstić information content (AvgIpc) is 2.81. The van der Waals surface area contributed by atoms with Gasteiger partial charge >= 0.3 is 0 Å². The number of nitrogens with one attached hydrogen (secondary N) is 1. The predicted octanol–water partition coefficient (Wildman–Crippen LogP) is 2.35. The zero-order chi connectivity index (χ0) is 24.1. The number of hydrogen-bond acceptors (Lipinski definition) is 6. The Bertz CT molecular complexity index is 1270. The number of sulfonamides is 1. The highest BCUT2D eigenvalue weighted by Gasteiger charge is 2.30. The lowest BCUT2D eigenvalue weighted by atomic mass is 10.2. The maximum Gasteiger partial charge on any atom is 0.245 e. The van der Waals surface area contributed by atoms with E-state index in [1.54, 1.807) is 18.3 Å². The molecule has 1 aliphatic heterocycles. The standard InChI is InChI=1S/C25H30N4O4S/c1-19-5-3-7-22(16-19)33-14-9-26-24(30)18-28-10-12-29(13-11-28)34(31,32)23-8-4-6-21-15-20(2)17-27-25(21)23/h3-8,15-17H,9-14,18H2,1-2H3,(H,26,30). The topological polar surface area (TPSA) is 91.8 Å². The van der Waals surface area contributed by atoms with E-state index < -0.39 is 10.0 Å². The van der Waals surface area contributed by atoms with Crippen LogP contribution in [0.1, 0.15) is 11.1 Å². The Kier molecular flexibility index (Phi) is 7.45. The van der Waals surface area contributed by atoms with E-state index >= 15 is 0 Å². The third-order valence-corrected chi connectivity index (χ3v) is 7.74. The molecule has 0 aliphatic carbocycles. The van der Waals surface area contributed by atoms with Crippen molar-refractivity contribution in [2.45, 2.75) is 18.7 Å². The van der Waals surface area contributed by atoms with Crippen molar-refractivity contribution in [2.75, 3.05) is 45.9 Å². The summed E-state index contributed by atoms with van der Waals surface area (Å²) >= 11 is 0. The summed E-state index contributed by atoms with van der Waals surface area (Å²) in [5, 5.41) is 3.67. The van der Waals surface area contributed by atoms with Gasteiger partial charge in [-0.05, 0) is 49.2 Å². The number of hydrogen-bond donors (Lipinski definition) is 1. The molecule has 9 heteroatoms. The fourth-order valence-electron chi connectivity index (χ4n) is 4.04. The molecule has 0 unspecified atom stereocenters. The van der Waals surface area contributed by atoms with Crippen LogP contribution in [-0.2, 0) is 14.8 Å². The van der Waals surface area contributed by atoms with Crippen LogP contribution in [0.25, 0.3) is 10.9 Å². The van der Waals surface area contributed by atoms with E-state index in [4.69, 9.17) is 4.74 Å². The van der Waals surface area contributed by atoms with Crippen LogP contribution >= 0.6 is 0 Å². The molecule has 1 N–H and O–H groups in total. The minimum Gasteiger partial charge on any atom is -0.492 e. The first-order chi connectivity index (χ1) is 16.3. The second kappa shape index (κ2) is 10.5. The minimum atomic E-state index is -3.67. The van der Waals surface area contributed by atoms with Gasteiger partial charge in [-0.25, -0.2) is 8.42 Å². The largest absolute Gasteiger partial charge is 0.492 e. The monoisotopic (exact) mass is 482 g/mol. The molecule has 0 saturated carbocycles. The van der Waals surface area contributed by atoms with Crippen molar-refractivity contribution in [3.05, 3.63) is 65.9 Å². The van der Waals surface area contributed by atoms with Crippen molar-refractivity contribution in [3.63, 3.8) is 0 Å². The zero-order valence-corrected chi connectivity index (χ0v) is 20.3. The molecule has 0 atom stereocenters. The van der Waals surface area contributed by atoms with E-state index in [1.807, 2.05) is 55.1 Å². The Labute approximate surface area is 200 Å². The number of ether oxygens (including phenoxy) is 1. The molecule has 0 spiro atoms. The van der Waals surface area contributed by atoms with Crippen molar-refractivity contribution < 1.29 is 17.9 Å². The number of fused-ring (bicyclic) bond motifs is 1. The Morgan fingerprint density at radius 1 is 1.03 bits per heavy atom. The van der Waals surface area contributed by atoms with Gasteiger partial charge in [-0.2, -0.15) is 4.31 Å². The third kappa shape index (κ3) is 5.72. The van der Waals surface area contributed by atoms with Crippen LogP contribution in [0, 0.1) is 13.8 Å². The number of amides is 1. The maximum absolute atomic E-state index is 13.3. The van der Waals surface area contributed by atoms with E-state index in [0.29, 0.717) is 44.8 Å². The molecule has 8 nitrogen and oxygen atoms in total. The van der Waals surface area contributed by atoms with Crippen LogP contribution in [0.2, 0.25) is 0 Å². The predicted molar refractivity (Wildman–Crippen MR) is 131 cm³/mol. The van der Waals surface area contributed by atoms with Gasteiger partial charge in [0, 0.05) is 37.8 Å². The van der Waals surface area contributed by atoms with Crippen LogP contribution in [0.15, 0.2) is 59.6 Å².